The van der Waals surface area contributed by atoms with E-state index in [-0.39, 0.29) is 0 Å². The molecule has 6 nitrogen and oxygen atoms in total. The van der Waals surface area contributed by atoms with Crippen molar-refractivity contribution in [1.82, 2.24) is 25.0 Å². The highest BCUT2D eigenvalue weighted by atomic mass is 32.1. The van der Waals surface area contributed by atoms with Gasteiger partial charge in [-0.3, -0.25) is 0 Å². The third-order valence-corrected chi connectivity index (χ3v) is 5.08. The number of hydrogen-bond acceptors (Lipinski definition) is 6. The summed E-state index contributed by atoms with van der Waals surface area (Å²) in [6.07, 6.45) is 6.14. The van der Waals surface area contributed by atoms with E-state index in [1.54, 1.807) is 16.0 Å². The lowest BCUT2D eigenvalue weighted by molar-refractivity contribution is 0.504. The average Bonchev–Trinajstić information content (AvgIpc) is 3.27. The first kappa shape index (κ1) is 14.3. The van der Waals surface area contributed by atoms with Gasteiger partial charge in [-0.15, -0.1) is 21.5 Å². The Kier molecular flexibility index (Phi) is 3.78. The van der Waals surface area contributed by atoms with Crippen LogP contribution < -0.4 is 4.90 Å². The minimum Gasteiger partial charge on any atom is -0.354 e. The molecule has 0 radical (unpaired) electrons. The van der Waals surface area contributed by atoms with Crippen molar-refractivity contribution in [2.75, 3.05) is 18.0 Å². The fourth-order valence-electron chi connectivity index (χ4n) is 2.97. The average molecular weight is 326 g/mol. The Morgan fingerprint density at radius 2 is 2.04 bits per heavy atom. The van der Waals surface area contributed by atoms with E-state index in [4.69, 9.17) is 0 Å². The van der Waals surface area contributed by atoms with E-state index in [1.165, 1.54) is 11.4 Å². The zero-order chi connectivity index (χ0) is 15.6. The van der Waals surface area contributed by atoms with Crippen molar-refractivity contribution in [2.45, 2.75) is 25.7 Å². The molecule has 3 aromatic heterocycles. The summed E-state index contributed by atoms with van der Waals surface area (Å²) in [4.78, 5) is 6.77. The van der Waals surface area contributed by atoms with Crippen LogP contribution in [0.3, 0.4) is 0 Å². The molecule has 4 rings (SSSR count). The van der Waals surface area contributed by atoms with Crippen LogP contribution in [0.5, 0.6) is 0 Å². The quantitative estimate of drug-likeness (QED) is 0.741. The molecule has 0 spiro atoms. The smallest absolute Gasteiger partial charge is 0.175 e. The summed E-state index contributed by atoms with van der Waals surface area (Å²) in [5.74, 6) is 2.17. The van der Waals surface area contributed by atoms with Crippen molar-refractivity contribution < 1.29 is 0 Å². The Morgan fingerprint density at radius 1 is 1.17 bits per heavy atom. The monoisotopic (exact) mass is 326 g/mol. The van der Waals surface area contributed by atoms with Crippen LogP contribution in [0.15, 0.2) is 36.0 Å². The van der Waals surface area contributed by atoms with E-state index in [1.807, 2.05) is 37.5 Å². The van der Waals surface area contributed by atoms with Crippen molar-refractivity contribution in [2.24, 2.45) is 0 Å². The number of anilines is 1. The van der Waals surface area contributed by atoms with Gasteiger partial charge < -0.3 is 4.90 Å². The summed E-state index contributed by atoms with van der Waals surface area (Å²) < 4.78 is 1.75. The van der Waals surface area contributed by atoms with Gasteiger partial charge in [0.25, 0.3) is 0 Å². The molecule has 7 heteroatoms. The normalized spacial score (nSPS) is 18.3. The first-order valence-electron chi connectivity index (χ1n) is 7.80. The second-order valence-corrected chi connectivity index (χ2v) is 6.73. The van der Waals surface area contributed by atoms with Gasteiger partial charge in [0.1, 0.15) is 0 Å². The molecule has 0 bridgehead atoms. The number of rotatable bonds is 3. The Bertz CT molecular complexity index is 764. The third-order valence-electron chi connectivity index (χ3n) is 4.14. The Hall–Kier alpha value is -2.28. The number of aryl methyl sites for hydroxylation is 1. The summed E-state index contributed by atoms with van der Waals surface area (Å²) in [6, 6.07) is 5.96. The molecule has 0 amide bonds. The summed E-state index contributed by atoms with van der Waals surface area (Å²) >= 11 is 1.74. The van der Waals surface area contributed by atoms with Crippen LogP contribution in [0.2, 0.25) is 0 Å². The second kappa shape index (κ2) is 6.08. The molecule has 4 heterocycles. The lowest BCUT2D eigenvalue weighted by Crippen LogP contribution is -2.35. The lowest BCUT2D eigenvalue weighted by atomic mass is 9.99. The molecular formula is C16H18N6S. The Morgan fingerprint density at radius 3 is 2.74 bits per heavy atom. The second-order valence-electron chi connectivity index (χ2n) is 5.81. The van der Waals surface area contributed by atoms with Crippen LogP contribution in [0.4, 0.5) is 5.82 Å². The molecule has 0 saturated carbocycles. The van der Waals surface area contributed by atoms with Crippen LogP contribution in [0.1, 0.15) is 29.5 Å². The van der Waals surface area contributed by atoms with Crippen molar-refractivity contribution in [3.05, 3.63) is 46.7 Å². The van der Waals surface area contributed by atoms with Crippen molar-refractivity contribution >= 4 is 17.2 Å². The molecule has 0 aliphatic carbocycles. The van der Waals surface area contributed by atoms with Gasteiger partial charge in [-0.1, -0.05) is 0 Å². The zero-order valence-corrected chi connectivity index (χ0v) is 13.8. The molecule has 118 valence electrons. The first-order valence-corrected chi connectivity index (χ1v) is 8.68. The number of thiazole rings is 1. The van der Waals surface area contributed by atoms with Gasteiger partial charge >= 0.3 is 0 Å². The maximum Gasteiger partial charge on any atom is 0.175 e. The molecule has 1 aliphatic heterocycles. The minimum absolute atomic E-state index is 0.499. The molecule has 0 N–H and O–H groups in total. The maximum absolute atomic E-state index is 4.47. The standard InChI is InChI=1S/C16H18N6S/c1-12-6-9-22(20-12)15-5-4-14(18-19-15)21-8-2-3-13(11-21)16-17-7-10-23-16/h4-7,9-10,13H,2-3,8,11H2,1H3/t13-/m1/s1. The van der Waals surface area contributed by atoms with Crippen molar-refractivity contribution in [3.8, 4) is 5.82 Å². The number of piperidine rings is 1. The van der Waals surface area contributed by atoms with Gasteiger partial charge in [-0.2, -0.15) is 5.10 Å². The third kappa shape index (κ3) is 2.96. The van der Waals surface area contributed by atoms with Crippen LogP contribution in [0.25, 0.3) is 5.82 Å². The van der Waals surface area contributed by atoms with Crippen molar-refractivity contribution in [3.63, 3.8) is 0 Å². The van der Waals surface area contributed by atoms with Gasteiger partial charge in [0.05, 0.1) is 10.7 Å². The molecule has 1 aliphatic rings. The highest BCUT2D eigenvalue weighted by Crippen LogP contribution is 2.30. The predicted molar refractivity (Wildman–Crippen MR) is 90.2 cm³/mol. The first-order chi connectivity index (χ1) is 11.3. The highest BCUT2D eigenvalue weighted by molar-refractivity contribution is 7.09. The SMILES string of the molecule is Cc1ccn(-c2ccc(N3CCC[C@@H](c4nccs4)C3)nn2)n1. The maximum atomic E-state index is 4.47. The number of nitrogens with zero attached hydrogens (tertiary/aromatic N) is 6. The van der Waals surface area contributed by atoms with E-state index in [9.17, 15) is 0 Å². The van der Waals surface area contributed by atoms with Gasteiger partial charge in [-0.05, 0) is 38.0 Å². The van der Waals surface area contributed by atoms with Crippen LogP contribution in [-0.4, -0.2) is 38.1 Å². The molecule has 0 aromatic carbocycles. The molecule has 0 unspecified atom stereocenters. The molecule has 1 atom stereocenters. The molecule has 1 fully saturated rings. The van der Waals surface area contributed by atoms with E-state index >= 15 is 0 Å². The van der Waals surface area contributed by atoms with Gasteiger partial charge in [0.2, 0.25) is 0 Å². The van der Waals surface area contributed by atoms with Gasteiger partial charge in [-0.25, -0.2) is 9.67 Å². The number of aromatic nitrogens is 5. The Labute approximate surface area is 138 Å². The summed E-state index contributed by atoms with van der Waals surface area (Å²) in [5, 5.41) is 16.4. The van der Waals surface area contributed by atoms with Gasteiger partial charge in [0, 0.05) is 36.8 Å². The molecule has 3 aromatic rings. The predicted octanol–water partition coefficient (Wildman–Crippen LogP) is 2.81. The fourth-order valence-corrected chi connectivity index (χ4v) is 3.74. The van der Waals surface area contributed by atoms with Crippen LogP contribution in [0, 0.1) is 6.92 Å². The number of hydrogen-bond donors (Lipinski definition) is 0. The summed E-state index contributed by atoms with van der Waals surface area (Å²) in [6.45, 7) is 3.95. The molecular weight excluding hydrogens is 308 g/mol. The van der Waals surface area contributed by atoms with E-state index in [2.05, 4.69) is 30.6 Å². The van der Waals surface area contributed by atoms with E-state index in [0.717, 1.165) is 36.8 Å². The zero-order valence-electron chi connectivity index (χ0n) is 13.0. The Balaban J connectivity index is 1.51. The van der Waals surface area contributed by atoms with E-state index < -0.39 is 0 Å². The van der Waals surface area contributed by atoms with Crippen LogP contribution >= 0.6 is 11.3 Å². The molecule has 23 heavy (non-hydrogen) atoms. The molecule has 1 saturated heterocycles. The van der Waals surface area contributed by atoms with E-state index in [0.29, 0.717) is 5.92 Å². The van der Waals surface area contributed by atoms with Crippen molar-refractivity contribution in [1.29, 1.82) is 0 Å². The van der Waals surface area contributed by atoms with Crippen LogP contribution in [-0.2, 0) is 0 Å². The highest BCUT2D eigenvalue weighted by Gasteiger charge is 2.24. The lowest BCUT2D eigenvalue weighted by Gasteiger charge is -2.32. The minimum atomic E-state index is 0.499. The topological polar surface area (TPSA) is 59.7 Å². The largest absolute Gasteiger partial charge is 0.354 e. The summed E-state index contributed by atoms with van der Waals surface area (Å²) in [5.41, 5.74) is 0.971. The summed E-state index contributed by atoms with van der Waals surface area (Å²) in [7, 11) is 0. The van der Waals surface area contributed by atoms with Gasteiger partial charge in [0.15, 0.2) is 11.6 Å². The fraction of sp³-hybridized carbons (Fsp3) is 0.375.